The molecule has 14 heteroatoms. The molecule has 0 aliphatic carbocycles. The van der Waals surface area contributed by atoms with Gasteiger partial charge in [0.15, 0.2) is 12.6 Å². The molecule has 0 aromatic carbocycles. The van der Waals surface area contributed by atoms with Gasteiger partial charge in [-0.05, 0) is 51.4 Å². The Morgan fingerprint density at radius 3 is 1.31 bits per heavy atom. The number of carbonyl (C=O) groups is 1. The lowest BCUT2D eigenvalue weighted by Crippen LogP contribution is -2.61. The highest BCUT2D eigenvalue weighted by Gasteiger charge is 2.47. The van der Waals surface area contributed by atoms with Crippen LogP contribution in [0.15, 0.2) is 60.8 Å². The van der Waals surface area contributed by atoms with Crippen molar-refractivity contribution >= 4 is 5.97 Å². The van der Waals surface area contributed by atoms with E-state index >= 15 is 0 Å². The van der Waals surface area contributed by atoms with E-state index in [-0.39, 0.29) is 19.6 Å². The van der Waals surface area contributed by atoms with Crippen molar-refractivity contribution in [3.8, 4) is 0 Å². The maximum absolute atomic E-state index is 13.0. The van der Waals surface area contributed by atoms with Gasteiger partial charge in [0.1, 0.15) is 54.9 Å². The number of ether oxygens (including phenoxy) is 6. The largest absolute Gasteiger partial charge is 0.457 e. The Morgan fingerprint density at radius 1 is 0.453 bits per heavy atom. The molecule has 75 heavy (non-hydrogen) atoms. The Balaban J connectivity index is 1.70. The van der Waals surface area contributed by atoms with Gasteiger partial charge in [-0.3, -0.25) is 4.79 Å². The Kier molecular flexibility index (Phi) is 43.7. The normalized spacial score (nSPS) is 25.0. The number of rotatable bonds is 48. The third-order valence-corrected chi connectivity index (χ3v) is 14.0. The molecule has 0 saturated carbocycles. The van der Waals surface area contributed by atoms with Crippen LogP contribution in [0.2, 0.25) is 0 Å². The van der Waals surface area contributed by atoms with Crippen LogP contribution in [0.5, 0.6) is 0 Å². The number of hydrogen-bond donors (Lipinski definition) is 7. The Labute approximate surface area is 454 Å². The Bertz CT molecular complexity index is 1470. The molecule has 11 atom stereocenters. The molecule has 2 fully saturated rings. The lowest BCUT2D eigenvalue weighted by atomic mass is 9.98. The van der Waals surface area contributed by atoms with E-state index in [4.69, 9.17) is 28.4 Å². The summed E-state index contributed by atoms with van der Waals surface area (Å²) < 4.78 is 34.3. The lowest BCUT2D eigenvalue weighted by Gasteiger charge is -2.42. The summed E-state index contributed by atoms with van der Waals surface area (Å²) in [6, 6.07) is 0. The molecule has 0 aromatic heterocycles. The van der Waals surface area contributed by atoms with Crippen molar-refractivity contribution in [3.05, 3.63) is 60.8 Å². The fraction of sp³-hybridized carbons (Fsp3) is 0.820. The first-order valence-corrected chi connectivity index (χ1v) is 29.9. The van der Waals surface area contributed by atoms with Gasteiger partial charge >= 0.3 is 5.97 Å². The fourth-order valence-corrected chi connectivity index (χ4v) is 9.26. The zero-order valence-corrected chi connectivity index (χ0v) is 46.8. The monoisotopic (exact) mass is 1060 g/mol. The van der Waals surface area contributed by atoms with Crippen molar-refractivity contribution in [1.82, 2.24) is 0 Å². The van der Waals surface area contributed by atoms with Gasteiger partial charge in [-0.15, -0.1) is 0 Å². The molecule has 0 radical (unpaired) electrons. The zero-order chi connectivity index (χ0) is 54.4. The van der Waals surface area contributed by atoms with Crippen LogP contribution in [-0.4, -0.2) is 142 Å². The minimum absolute atomic E-state index is 0.0392. The number of unbranched alkanes of at least 4 members (excludes halogenated alkanes) is 24. The van der Waals surface area contributed by atoms with Crippen molar-refractivity contribution in [2.75, 3.05) is 33.0 Å². The molecule has 436 valence electrons. The first-order chi connectivity index (χ1) is 36.6. The standard InChI is InChI=1S/C61H108O14/c1-3-5-7-9-11-13-15-17-19-21-22-23-24-25-26-27-29-31-33-35-37-39-41-43-45-70-47-50(73-53(63)44-42-40-38-36-34-32-30-28-20-18-16-14-12-10-8-6-4-2)48-71-60-59(69)57(67)55(65)52(75-60)49-72-61-58(68)56(66)54(64)51(46-62)74-61/h6,8,12,14,18,20,30,32,36,38,50-52,54-62,64-69H,3-5,7,9-11,13,15-17,19,21-29,31,33-35,37,39-49H2,1-2H3/b8-6-,14-12-,20-18-,32-30-,38-36-. The van der Waals surface area contributed by atoms with Crippen molar-refractivity contribution in [1.29, 1.82) is 0 Å². The van der Waals surface area contributed by atoms with E-state index in [0.29, 0.717) is 19.4 Å². The smallest absolute Gasteiger partial charge is 0.306 e. The van der Waals surface area contributed by atoms with Crippen LogP contribution in [0, 0.1) is 0 Å². The lowest BCUT2D eigenvalue weighted by molar-refractivity contribution is -0.332. The molecular weight excluding hydrogens is 957 g/mol. The fourth-order valence-electron chi connectivity index (χ4n) is 9.26. The summed E-state index contributed by atoms with van der Waals surface area (Å²) in [7, 11) is 0. The highest BCUT2D eigenvalue weighted by Crippen LogP contribution is 2.27. The molecule has 0 spiro atoms. The maximum Gasteiger partial charge on any atom is 0.306 e. The van der Waals surface area contributed by atoms with E-state index in [1.807, 2.05) is 0 Å². The third kappa shape index (κ3) is 34.3. The number of carbonyl (C=O) groups excluding carboxylic acids is 1. The predicted molar refractivity (Wildman–Crippen MR) is 298 cm³/mol. The van der Waals surface area contributed by atoms with Crippen LogP contribution in [0.1, 0.15) is 219 Å². The number of allylic oxidation sites excluding steroid dienone is 10. The first kappa shape index (κ1) is 68.8. The Morgan fingerprint density at radius 2 is 0.853 bits per heavy atom. The van der Waals surface area contributed by atoms with Crippen LogP contribution in [-0.2, 0) is 33.2 Å². The predicted octanol–water partition coefficient (Wildman–Crippen LogP) is 10.9. The summed E-state index contributed by atoms with van der Waals surface area (Å²) in [5.74, 6) is -0.430. The molecular formula is C61H108O14. The maximum atomic E-state index is 13.0. The van der Waals surface area contributed by atoms with Crippen molar-refractivity contribution in [2.24, 2.45) is 0 Å². The van der Waals surface area contributed by atoms with E-state index in [1.54, 1.807) is 0 Å². The number of aliphatic hydroxyl groups is 7. The second kappa shape index (κ2) is 47.7. The highest BCUT2D eigenvalue weighted by molar-refractivity contribution is 5.69. The topological polar surface area (TPSA) is 214 Å². The first-order valence-electron chi connectivity index (χ1n) is 29.9. The third-order valence-electron chi connectivity index (χ3n) is 14.0. The van der Waals surface area contributed by atoms with Crippen LogP contribution in [0.3, 0.4) is 0 Å². The Hall–Kier alpha value is -2.31. The summed E-state index contributed by atoms with van der Waals surface area (Å²) in [6.07, 6.45) is 43.0. The van der Waals surface area contributed by atoms with Gasteiger partial charge in [-0.2, -0.15) is 0 Å². The van der Waals surface area contributed by atoms with Crippen molar-refractivity contribution in [2.45, 2.75) is 287 Å². The minimum Gasteiger partial charge on any atom is -0.457 e. The molecule has 0 aromatic rings. The quantitative estimate of drug-likeness (QED) is 0.0172. The van der Waals surface area contributed by atoms with E-state index < -0.39 is 86.7 Å². The summed E-state index contributed by atoms with van der Waals surface area (Å²) in [6.45, 7) is 3.53. The van der Waals surface area contributed by atoms with Gasteiger partial charge in [0.2, 0.25) is 0 Å². The SMILES string of the molecule is CC/C=C\C/C=C\C/C=C\C/C=C\C/C=C\CCCC(=O)OC(COCCCCCCCCCCCCCCCCCCCCCCCCCC)COC1OC(COC2OC(CO)C(O)C(O)C2O)C(O)C(O)C1O. The summed E-state index contributed by atoms with van der Waals surface area (Å²) >= 11 is 0. The number of hydrogen-bond acceptors (Lipinski definition) is 14. The van der Waals surface area contributed by atoms with Gasteiger partial charge in [-0.1, -0.05) is 222 Å². The molecule has 2 saturated heterocycles. The zero-order valence-electron chi connectivity index (χ0n) is 46.8. The van der Waals surface area contributed by atoms with E-state index in [9.17, 15) is 40.5 Å². The molecule has 2 aliphatic heterocycles. The summed E-state index contributed by atoms with van der Waals surface area (Å²) in [5, 5.41) is 72.3. The van der Waals surface area contributed by atoms with Crippen LogP contribution in [0.4, 0.5) is 0 Å². The van der Waals surface area contributed by atoms with Crippen LogP contribution in [0.25, 0.3) is 0 Å². The molecule has 0 amide bonds. The summed E-state index contributed by atoms with van der Waals surface area (Å²) in [4.78, 5) is 13.0. The molecule has 2 aliphatic rings. The van der Waals surface area contributed by atoms with Crippen LogP contribution < -0.4 is 0 Å². The molecule has 2 heterocycles. The average Bonchev–Trinajstić information content (AvgIpc) is 3.41. The van der Waals surface area contributed by atoms with Gasteiger partial charge in [-0.25, -0.2) is 0 Å². The molecule has 2 rings (SSSR count). The van der Waals surface area contributed by atoms with Crippen molar-refractivity contribution in [3.63, 3.8) is 0 Å². The molecule has 14 nitrogen and oxygen atoms in total. The number of esters is 1. The highest BCUT2D eigenvalue weighted by atomic mass is 16.7. The van der Waals surface area contributed by atoms with E-state index in [1.165, 1.54) is 135 Å². The van der Waals surface area contributed by atoms with Crippen LogP contribution >= 0.6 is 0 Å². The van der Waals surface area contributed by atoms with Gasteiger partial charge in [0.25, 0.3) is 0 Å². The van der Waals surface area contributed by atoms with Crippen molar-refractivity contribution < 1.29 is 69.0 Å². The minimum atomic E-state index is -1.72. The molecule has 7 N–H and O–H groups in total. The molecule has 11 unspecified atom stereocenters. The van der Waals surface area contributed by atoms with Gasteiger partial charge in [0.05, 0.1) is 26.4 Å². The second-order valence-corrected chi connectivity index (χ2v) is 20.8. The van der Waals surface area contributed by atoms with E-state index in [0.717, 1.165) is 51.4 Å². The average molecular weight is 1070 g/mol. The second-order valence-electron chi connectivity index (χ2n) is 20.8. The van der Waals surface area contributed by atoms with E-state index in [2.05, 4.69) is 74.6 Å². The van der Waals surface area contributed by atoms with Gasteiger partial charge in [0, 0.05) is 13.0 Å². The summed E-state index contributed by atoms with van der Waals surface area (Å²) in [5.41, 5.74) is 0. The molecule has 0 bridgehead atoms. The van der Waals surface area contributed by atoms with Gasteiger partial charge < -0.3 is 64.2 Å². The number of aliphatic hydroxyl groups excluding tert-OH is 7.